The zero-order valence-corrected chi connectivity index (χ0v) is 17.3. The quantitative estimate of drug-likeness (QED) is 0.575. The third kappa shape index (κ3) is 6.51. The van der Waals surface area contributed by atoms with Crippen molar-refractivity contribution in [1.82, 2.24) is 14.9 Å². The fraction of sp³-hybridized carbons (Fsp3) is 0.143. The SMILES string of the molecule is Cc1ncc(C=CC(=O)N(CC(=O)Nc2ccc(Cl)cc2)Cc2cccnc2)s1. The van der Waals surface area contributed by atoms with Gasteiger partial charge in [0.05, 0.1) is 5.01 Å². The Hall–Kier alpha value is -3.03. The van der Waals surface area contributed by atoms with E-state index in [1.165, 1.54) is 22.3 Å². The molecule has 8 heteroatoms. The van der Waals surface area contributed by atoms with Crippen LogP contribution < -0.4 is 5.32 Å². The third-order valence-electron chi connectivity index (χ3n) is 3.90. The van der Waals surface area contributed by atoms with Gasteiger partial charge in [0.15, 0.2) is 0 Å². The molecule has 2 heterocycles. The molecule has 0 aliphatic rings. The van der Waals surface area contributed by atoms with Gasteiger partial charge in [-0.05, 0) is 48.9 Å². The number of nitrogens with zero attached hydrogens (tertiary/aromatic N) is 3. The molecule has 29 heavy (non-hydrogen) atoms. The van der Waals surface area contributed by atoms with Crippen LogP contribution in [-0.4, -0.2) is 33.2 Å². The van der Waals surface area contributed by atoms with Gasteiger partial charge in [-0.2, -0.15) is 0 Å². The zero-order valence-electron chi connectivity index (χ0n) is 15.7. The van der Waals surface area contributed by atoms with Crippen LogP contribution in [0, 0.1) is 6.92 Å². The first-order chi connectivity index (χ1) is 14.0. The van der Waals surface area contributed by atoms with Gasteiger partial charge in [0.1, 0.15) is 6.54 Å². The van der Waals surface area contributed by atoms with Gasteiger partial charge < -0.3 is 10.2 Å². The van der Waals surface area contributed by atoms with Crippen molar-refractivity contribution in [2.45, 2.75) is 13.5 Å². The highest BCUT2D eigenvalue weighted by Crippen LogP contribution is 2.15. The van der Waals surface area contributed by atoms with Crippen LogP contribution in [0.15, 0.2) is 61.1 Å². The second-order valence-electron chi connectivity index (χ2n) is 6.23. The molecule has 0 bridgehead atoms. The van der Waals surface area contributed by atoms with Crippen LogP contribution in [0.2, 0.25) is 5.02 Å². The number of hydrogen-bond acceptors (Lipinski definition) is 5. The number of carbonyl (C=O) groups is 2. The molecule has 0 saturated heterocycles. The van der Waals surface area contributed by atoms with Gasteiger partial charge >= 0.3 is 0 Å². The van der Waals surface area contributed by atoms with Crippen LogP contribution in [0.4, 0.5) is 5.69 Å². The number of nitrogens with one attached hydrogen (secondary N) is 1. The molecule has 0 spiro atoms. The second-order valence-corrected chi connectivity index (χ2v) is 7.93. The number of carbonyl (C=O) groups excluding carboxylic acids is 2. The van der Waals surface area contributed by atoms with E-state index in [9.17, 15) is 9.59 Å². The Kier molecular flexibility index (Phi) is 7.10. The number of anilines is 1. The summed E-state index contributed by atoms with van der Waals surface area (Å²) in [5.74, 6) is -0.572. The highest BCUT2D eigenvalue weighted by atomic mass is 35.5. The smallest absolute Gasteiger partial charge is 0.247 e. The second kappa shape index (κ2) is 9.95. The van der Waals surface area contributed by atoms with Gasteiger partial charge in [-0.1, -0.05) is 17.7 Å². The standard InChI is InChI=1S/C21H19ClN4O2S/c1-15-24-12-19(29-15)8-9-21(28)26(13-16-3-2-10-23-11-16)14-20(27)25-18-6-4-17(22)5-7-18/h2-12H,13-14H2,1H3,(H,25,27). The Morgan fingerprint density at radius 2 is 2.00 bits per heavy atom. The highest BCUT2D eigenvalue weighted by molar-refractivity contribution is 7.12. The van der Waals surface area contributed by atoms with Crippen molar-refractivity contribution in [1.29, 1.82) is 0 Å². The number of thiazole rings is 1. The predicted molar refractivity (Wildman–Crippen MR) is 116 cm³/mol. The third-order valence-corrected chi connectivity index (χ3v) is 5.03. The molecule has 0 fully saturated rings. The summed E-state index contributed by atoms with van der Waals surface area (Å²) >= 11 is 7.36. The van der Waals surface area contributed by atoms with E-state index in [1.54, 1.807) is 55.0 Å². The summed E-state index contributed by atoms with van der Waals surface area (Å²) < 4.78 is 0. The van der Waals surface area contributed by atoms with Crippen LogP contribution in [0.1, 0.15) is 15.4 Å². The summed E-state index contributed by atoms with van der Waals surface area (Å²) in [5, 5.41) is 4.28. The molecule has 6 nitrogen and oxygen atoms in total. The maximum atomic E-state index is 12.8. The Labute approximate surface area is 177 Å². The van der Waals surface area contributed by atoms with Crippen molar-refractivity contribution in [3.05, 3.63) is 81.5 Å². The number of aromatic nitrogens is 2. The first-order valence-corrected chi connectivity index (χ1v) is 10.0. The molecule has 0 aliphatic carbocycles. The van der Waals surface area contributed by atoms with Crippen LogP contribution in [0.3, 0.4) is 0 Å². The molecule has 0 atom stereocenters. The van der Waals surface area contributed by atoms with Gasteiger partial charge in [0.25, 0.3) is 0 Å². The molecule has 1 N–H and O–H groups in total. The van der Waals surface area contributed by atoms with E-state index >= 15 is 0 Å². The summed E-state index contributed by atoms with van der Waals surface area (Å²) in [5.41, 5.74) is 1.45. The Bertz CT molecular complexity index is 1000. The van der Waals surface area contributed by atoms with E-state index in [4.69, 9.17) is 11.6 Å². The lowest BCUT2D eigenvalue weighted by Gasteiger charge is -2.21. The van der Waals surface area contributed by atoms with Gasteiger partial charge in [-0.15, -0.1) is 11.3 Å². The summed E-state index contributed by atoms with van der Waals surface area (Å²) in [6.07, 6.45) is 8.21. The van der Waals surface area contributed by atoms with Crippen LogP contribution in [0.25, 0.3) is 6.08 Å². The first kappa shape index (κ1) is 20.7. The number of hydrogen-bond donors (Lipinski definition) is 1. The van der Waals surface area contributed by atoms with E-state index in [1.807, 2.05) is 13.0 Å². The summed E-state index contributed by atoms with van der Waals surface area (Å²) in [4.78, 5) is 35.8. The number of rotatable bonds is 7. The molecule has 2 amide bonds. The fourth-order valence-corrected chi connectivity index (χ4v) is 3.36. The monoisotopic (exact) mass is 426 g/mol. The minimum absolute atomic E-state index is 0.0948. The molecule has 3 rings (SSSR count). The van der Waals surface area contributed by atoms with Crippen LogP contribution in [0.5, 0.6) is 0 Å². The van der Waals surface area contributed by atoms with Crippen molar-refractivity contribution < 1.29 is 9.59 Å². The number of aryl methyl sites for hydroxylation is 1. The van der Waals surface area contributed by atoms with E-state index in [-0.39, 0.29) is 24.9 Å². The normalized spacial score (nSPS) is 10.8. The van der Waals surface area contributed by atoms with Crippen molar-refractivity contribution in [3.63, 3.8) is 0 Å². The van der Waals surface area contributed by atoms with Crippen molar-refractivity contribution >= 4 is 46.5 Å². The minimum atomic E-state index is -0.299. The minimum Gasteiger partial charge on any atom is -0.325 e. The molecule has 0 unspecified atom stereocenters. The highest BCUT2D eigenvalue weighted by Gasteiger charge is 2.16. The average Bonchev–Trinajstić information content (AvgIpc) is 3.13. The topological polar surface area (TPSA) is 75.2 Å². The Morgan fingerprint density at radius 3 is 2.66 bits per heavy atom. The van der Waals surface area contributed by atoms with Gasteiger partial charge in [-0.3, -0.25) is 14.6 Å². The summed E-state index contributed by atoms with van der Waals surface area (Å²) in [7, 11) is 0. The molecule has 2 aromatic heterocycles. The van der Waals surface area contributed by atoms with E-state index in [0.29, 0.717) is 10.7 Å². The number of amides is 2. The maximum Gasteiger partial charge on any atom is 0.247 e. The lowest BCUT2D eigenvalue weighted by Crippen LogP contribution is -2.36. The molecular formula is C21H19ClN4O2S. The number of benzene rings is 1. The summed E-state index contributed by atoms with van der Waals surface area (Å²) in [6.45, 7) is 2.08. The fourth-order valence-electron chi connectivity index (χ4n) is 2.54. The lowest BCUT2D eigenvalue weighted by molar-refractivity contribution is -0.131. The molecule has 0 saturated carbocycles. The number of pyridine rings is 1. The van der Waals surface area contributed by atoms with Crippen LogP contribution in [-0.2, 0) is 16.1 Å². The van der Waals surface area contributed by atoms with Crippen molar-refractivity contribution in [3.8, 4) is 0 Å². The van der Waals surface area contributed by atoms with E-state index in [2.05, 4.69) is 15.3 Å². The maximum absolute atomic E-state index is 12.8. The lowest BCUT2D eigenvalue weighted by atomic mass is 10.2. The number of halogens is 1. The Morgan fingerprint density at radius 1 is 1.21 bits per heavy atom. The first-order valence-electron chi connectivity index (χ1n) is 8.83. The summed E-state index contributed by atoms with van der Waals surface area (Å²) in [6, 6.07) is 10.5. The van der Waals surface area contributed by atoms with E-state index < -0.39 is 0 Å². The van der Waals surface area contributed by atoms with E-state index in [0.717, 1.165) is 15.4 Å². The average molecular weight is 427 g/mol. The van der Waals surface area contributed by atoms with Gasteiger partial charge in [0.2, 0.25) is 11.8 Å². The van der Waals surface area contributed by atoms with Crippen LogP contribution >= 0.6 is 22.9 Å². The van der Waals surface area contributed by atoms with Gasteiger partial charge in [0, 0.05) is 46.8 Å². The van der Waals surface area contributed by atoms with Crippen molar-refractivity contribution in [2.75, 3.05) is 11.9 Å². The molecule has 148 valence electrons. The van der Waals surface area contributed by atoms with Gasteiger partial charge in [-0.25, -0.2) is 4.98 Å². The zero-order chi connectivity index (χ0) is 20.6. The van der Waals surface area contributed by atoms with Crippen molar-refractivity contribution in [2.24, 2.45) is 0 Å². The molecule has 1 aromatic carbocycles. The largest absolute Gasteiger partial charge is 0.325 e. The molecule has 0 radical (unpaired) electrons. The molecule has 3 aromatic rings. The molecule has 0 aliphatic heterocycles. The predicted octanol–water partition coefficient (Wildman–Crippen LogP) is 4.18. The Balaban J connectivity index is 1.71. The molecular weight excluding hydrogens is 408 g/mol.